The number of nitrogens with one attached hydrogen (secondary N) is 1. The molecule has 0 aliphatic carbocycles. The minimum Gasteiger partial charge on any atom is -0.355 e. The van der Waals surface area contributed by atoms with Crippen LogP contribution in [-0.4, -0.2) is 9.97 Å². The van der Waals surface area contributed by atoms with Crippen LogP contribution in [0.2, 0.25) is 0 Å². The van der Waals surface area contributed by atoms with E-state index in [1.807, 2.05) is 36.4 Å². The van der Waals surface area contributed by atoms with Gasteiger partial charge in [-0.05, 0) is 30.3 Å². The lowest BCUT2D eigenvalue weighted by Gasteiger charge is -1.99. The van der Waals surface area contributed by atoms with E-state index in [1.54, 1.807) is 0 Å². The van der Waals surface area contributed by atoms with E-state index in [-0.39, 0.29) is 0 Å². The molecule has 2 heterocycles. The van der Waals surface area contributed by atoms with Gasteiger partial charge in [-0.15, -0.1) is 0 Å². The molecule has 0 radical (unpaired) electrons. The maximum absolute atomic E-state index is 4.58. The highest BCUT2D eigenvalue weighted by Crippen LogP contribution is 2.24. The molecule has 0 aliphatic heterocycles. The number of benzene rings is 4. The van der Waals surface area contributed by atoms with E-state index in [0.29, 0.717) is 0 Å². The Balaban J connectivity index is 0.000000119. The summed E-state index contributed by atoms with van der Waals surface area (Å²) in [6.07, 6.45) is 0. The van der Waals surface area contributed by atoms with Gasteiger partial charge in [-0.1, -0.05) is 72.8 Å². The average Bonchev–Trinajstić information content (AvgIpc) is 3.11. The number of nitrogens with zero attached hydrogens (tertiary/aromatic N) is 1. The Morgan fingerprint density at radius 2 is 0.926 bits per heavy atom. The van der Waals surface area contributed by atoms with Crippen LogP contribution in [-0.2, 0) is 0 Å². The van der Waals surface area contributed by atoms with Crippen molar-refractivity contribution in [3.63, 3.8) is 0 Å². The fraction of sp³-hybridized carbons (Fsp3) is 0. The van der Waals surface area contributed by atoms with Crippen LogP contribution in [0.1, 0.15) is 0 Å². The van der Waals surface area contributed by atoms with Crippen molar-refractivity contribution in [1.82, 2.24) is 9.97 Å². The van der Waals surface area contributed by atoms with Gasteiger partial charge in [0.1, 0.15) is 0 Å². The van der Waals surface area contributed by atoms with Crippen LogP contribution in [0.15, 0.2) is 103 Å². The molecule has 0 saturated carbocycles. The first-order valence-electron chi connectivity index (χ1n) is 9.08. The number of H-pyrrole nitrogens is 1. The molecule has 0 amide bonds. The van der Waals surface area contributed by atoms with Gasteiger partial charge in [0.15, 0.2) is 0 Å². The van der Waals surface area contributed by atoms with Crippen LogP contribution in [0.3, 0.4) is 0 Å². The van der Waals surface area contributed by atoms with Crippen LogP contribution in [0, 0.1) is 0 Å². The van der Waals surface area contributed by atoms with E-state index in [4.69, 9.17) is 0 Å². The second-order valence-electron chi connectivity index (χ2n) is 6.59. The molecule has 27 heavy (non-hydrogen) atoms. The van der Waals surface area contributed by atoms with Gasteiger partial charge in [0, 0.05) is 32.6 Å². The highest BCUT2D eigenvalue weighted by atomic mass is 14.7. The van der Waals surface area contributed by atoms with Crippen molar-refractivity contribution in [2.75, 3.05) is 0 Å². The Kier molecular flexibility index (Phi) is 3.80. The molecule has 0 bridgehead atoms. The van der Waals surface area contributed by atoms with Gasteiger partial charge in [0.05, 0.1) is 11.0 Å². The van der Waals surface area contributed by atoms with Gasteiger partial charge in [-0.2, -0.15) is 0 Å². The standard InChI is InChI=1S/C13H9N.C12H9N/c1-3-7-12-10(5-1)9-11-6-2-4-8-13(11)14-12;1-3-7-11-9(5-1)10-6-2-4-8-12(10)13-11/h1-9H;1-8,13H. The summed E-state index contributed by atoms with van der Waals surface area (Å²) >= 11 is 0. The van der Waals surface area contributed by atoms with Crippen molar-refractivity contribution in [2.24, 2.45) is 0 Å². The lowest BCUT2D eigenvalue weighted by atomic mass is 10.1. The molecule has 0 aliphatic rings. The number of para-hydroxylation sites is 4. The first kappa shape index (κ1) is 15.6. The van der Waals surface area contributed by atoms with E-state index in [2.05, 4.69) is 76.7 Å². The fourth-order valence-corrected chi connectivity index (χ4v) is 3.52. The molecular formula is C25H18N2. The molecule has 6 rings (SSSR count). The van der Waals surface area contributed by atoms with Crippen molar-refractivity contribution >= 4 is 43.6 Å². The molecule has 2 heteroatoms. The molecule has 0 fully saturated rings. The van der Waals surface area contributed by atoms with Gasteiger partial charge in [-0.3, -0.25) is 0 Å². The third-order valence-corrected chi connectivity index (χ3v) is 4.84. The largest absolute Gasteiger partial charge is 0.355 e. The average molecular weight is 346 g/mol. The maximum Gasteiger partial charge on any atom is 0.0709 e. The number of pyridine rings is 1. The molecule has 128 valence electrons. The fourth-order valence-electron chi connectivity index (χ4n) is 3.52. The lowest BCUT2D eigenvalue weighted by Crippen LogP contribution is -1.80. The quantitative estimate of drug-likeness (QED) is 0.304. The zero-order valence-electron chi connectivity index (χ0n) is 14.8. The minimum absolute atomic E-state index is 1.06. The first-order valence-corrected chi connectivity index (χ1v) is 9.08. The maximum atomic E-state index is 4.58. The summed E-state index contributed by atoms with van der Waals surface area (Å²) in [7, 11) is 0. The molecule has 1 N–H and O–H groups in total. The minimum atomic E-state index is 1.06. The Labute approximate surface area is 157 Å². The SMILES string of the molecule is c1ccc2c(c1)[nH]c1ccccc12.c1ccc2nc3ccccc3cc2c1. The van der Waals surface area contributed by atoms with Gasteiger partial charge < -0.3 is 4.98 Å². The second-order valence-corrected chi connectivity index (χ2v) is 6.59. The molecule has 0 saturated heterocycles. The first-order chi connectivity index (χ1) is 13.4. The number of aromatic amines is 1. The summed E-state index contributed by atoms with van der Waals surface area (Å²) in [6.45, 7) is 0. The van der Waals surface area contributed by atoms with E-state index in [9.17, 15) is 0 Å². The number of rotatable bonds is 0. The molecule has 0 atom stereocenters. The summed E-state index contributed by atoms with van der Waals surface area (Å²) in [5, 5.41) is 5.01. The molecule has 0 spiro atoms. The number of aromatic nitrogens is 2. The monoisotopic (exact) mass is 346 g/mol. The summed E-state index contributed by atoms with van der Waals surface area (Å²) < 4.78 is 0. The number of hydrogen-bond donors (Lipinski definition) is 1. The van der Waals surface area contributed by atoms with Crippen LogP contribution in [0.5, 0.6) is 0 Å². The van der Waals surface area contributed by atoms with Crippen molar-refractivity contribution in [3.8, 4) is 0 Å². The predicted molar refractivity (Wildman–Crippen MR) is 115 cm³/mol. The van der Waals surface area contributed by atoms with E-state index < -0.39 is 0 Å². The van der Waals surface area contributed by atoms with Gasteiger partial charge in [0.25, 0.3) is 0 Å². The summed E-state index contributed by atoms with van der Waals surface area (Å²) in [4.78, 5) is 7.96. The van der Waals surface area contributed by atoms with Gasteiger partial charge in [0.2, 0.25) is 0 Å². The third kappa shape index (κ3) is 2.91. The molecule has 2 aromatic heterocycles. The molecule has 4 aromatic carbocycles. The zero-order valence-corrected chi connectivity index (χ0v) is 14.8. The lowest BCUT2D eigenvalue weighted by molar-refractivity contribution is 1.50. The molecule has 2 nitrogen and oxygen atoms in total. The summed E-state index contributed by atoms with van der Waals surface area (Å²) in [6, 6.07) is 35.3. The van der Waals surface area contributed by atoms with Crippen molar-refractivity contribution in [3.05, 3.63) is 103 Å². The Morgan fingerprint density at radius 1 is 0.481 bits per heavy atom. The number of fused-ring (bicyclic) bond motifs is 5. The zero-order chi connectivity index (χ0) is 18.1. The van der Waals surface area contributed by atoms with Crippen molar-refractivity contribution in [1.29, 1.82) is 0 Å². The second kappa shape index (κ2) is 6.58. The van der Waals surface area contributed by atoms with E-state index in [0.717, 1.165) is 11.0 Å². The highest BCUT2D eigenvalue weighted by molar-refractivity contribution is 6.07. The summed E-state index contributed by atoms with van der Waals surface area (Å²) in [5.74, 6) is 0. The van der Waals surface area contributed by atoms with Crippen LogP contribution in [0.25, 0.3) is 43.6 Å². The van der Waals surface area contributed by atoms with Crippen LogP contribution in [0.4, 0.5) is 0 Å². The van der Waals surface area contributed by atoms with Crippen molar-refractivity contribution in [2.45, 2.75) is 0 Å². The Hall–Kier alpha value is -3.65. The molecule has 6 aromatic rings. The van der Waals surface area contributed by atoms with Crippen LogP contribution < -0.4 is 0 Å². The number of hydrogen-bond acceptors (Lipinski definition) is 1. The van der Waals surface area contributed by atoms with Crippen LogP contribution >= 0.6 is 0 Å². The normalized spacial score (nSPS) is 11.0. The van der Waals surface area contributed by atoms with Crippen molar-refractivity contribution < 1.29 is 0 Å². The molecule has 0 unspecified atom stereocenters. The topological polar surface area (TPSA) is 28.7 Å². The Morgan fingerprint density at radius 3 is 1.48 bits per heavy atom. The molecular weight excluding hydrogens is 328 g/mol. The summed E-state index contributed by atoms with van der Waals surface area (Å²) in [5.41, 5.74) is 4.55. The van der Waals surface area contributed by atoms with Gasteiger partial charge >= 0.3 is 0 Å². The predicted octanol–water partition coefficient (Wildman–Crippen LogP) is 6.71. The smallest absolute Gasteiger partial charge is 0.0709 e. The Bertz CT molecular complexity index is 1220. The highest BCUT2D eigenvalue weighted by Gasteiger charge is 2.00. The third-order valence-electron chi connectivity index (χ3n) is 4.84. The van der Waals surface area contributed by atoms with E-state index in [1.165, 1.54) is 32.6 Å². The van der Waals surface area contributed by atoms with Gasteiger partial charge in [-0.25, -0.2) is 4.98 Å². The van der Waals surface area contributed by atoms with E-state index >= 15 is 0 Å².